The van der Waals surface area contributed by atoms with Crippen LogP contribution in [0.4, 0.5) is 11.6 Å². The van der Waals surface area contributed by atoms with Crippen LogP contribution in [0.15, 0.2) is 90.1 Å². The molecule has 0 saturated heterocycles. The molecule has 1 atom stereocenters. The topological polar surface area (TPSA) is 68.2 Å². The summed E-state index contributed by atoms with van der Waals surface area (Å²) in [6.07, 6.45) is 0. The van der Waals surface area contributed by atoms with E-state index in [1.807, 2.05) is 92.7 Å². The van der Waals surface area contributed by atoms with Crippen LogP contribution in [0.1, 0.15) is 25.5 Å². The summed E-state index contributed by atoms with van der Waals surface area (Å²) in [7, 11) is 0. The molecule has 6 nitrogen and oxygen atoms in total. The summed E-state index contributed by atoms with van der Waals surface area (Å²) in [5.74, 6) is 1.35. The van der Waals surface area contributed by atoms with E-state index in [9.17, 15) is 4.79 Å². The lowest BCUT2D eigenvalue weighted by molar-refractivity contribution is -0.113. The monoisotopic (exact) mass is 424 g/mol. The molecule has 0 aliphatic carbocycles. The van der Waals surface area contributed by atoms with Gasteiger partial charge in [-0.25, -0.2) is 4.98 Å². The van der Waals surface area contributed by atoms with Gasteiger partial charge in [0.25, 0.3) is 5.91 Å². The molecule has 0 bridgehead atoms. The summed E-state index contributed by atoms with van der Waals surface area (Å²) >= 11 is 0. The zero-order chi connectivity index (χ0) is 22.1. The second kappa shape index (κ2) is 8.23. The quantitative estimate of drug-likeness (QED) is 0.452. The van der Waals surface area contributed by atoms with Crippen LogP contribution in [-0.2, 0) is 4.79 Å². The summed E-state index contributed by atoms with van der Waals surface area (Å²) in [5.41, 5.74) is 5.03. The minimum absolute atomic E-state index is 0.156. The van der Waals surface area contributed by atoms with Crippen LogP contribution in [0.2, 0.25) is 0 Å². The highest BCUT2D eigenvalue weighted by Gasteiger charge is 2.34. The number of allylic oxidation sites excluding steroid dienone is 1. The number of ether oxygens (including phenoxy) is 1. The van der Waals surface area contributed by atoms with Gasteiger partial charge in [0.15, 0.2) is 0 Å². The molecular formula is C26H24N4O2. The average molecular weight is 425 g/mol. The number of benzene rings is 3. The Bertz CT molecular complexity index is 1310. The summed E-state index contributed by atoms with van der Waals surface area (Å²) in [6, 6.07) is 25.2. The highest BCUT2D eigenvalue weighted by molar-refractivity contribution is 6.06. The number of hydrogen-bond acceptors (Lipinski definition) is 4. The van der Waals surface area contributed by atoms with Crippen LogP contribution in [0.5, 0.6) is 5.75 Å². The van der Waals surface area contributed by atoms with E-state index in [1.165, 1.54) is 0 Å². The molecule has 0 radical (unpaired) electrons. The molecule has 0 spiro atoms. The number of anilines is 2. The van der Waals surface area contributed by atoms with Gasteiger partial charge in [-0.2, -0.15) is 0 Å². The Kier molecular flexibility index (Phi) is 5.11. The third-order valence-electron chi connectivity index (χ3n) is 5.61. The van der Waals surface area contributed by atoms with Crippen molar-refractivity contribution in [3.8, 4) is 5.75 Å². The number of carbonyl (C=O) groups is 1. The molecule has 32 heavy (non-hydrogen) atoms. The first-order valence-corrected chi connectivity index (χ1v) is 10.7. The minimum atomic E-state index is -0.303. The Labute approximate surface area is 186 Å². The molecule has 1 amide bonds. The summed E-state index contributed by atoms with van der Waals surface area (Å²) in [4.78, 5) is 18.3. The predicted molar refractivity (Wildman–Crippen MR) is 127 cm³/mol. The number of imidazole rings is 1. The maximum atomic E-state index is 13.6. The lowest BCUT2D eigenvalue weighted by Gasteiger charge is -2.30. The van der Waals surface area contributed by atoms with Gasteiger partial charge in [-0.05, 0) is 55.8 Å². The fourth-order valence-corrected chi connectivity index (χ4v) is 4.21. The number of rotatable bonds is 5. The Morgan fingerprint density at radius 1 is 1.03 bits per heavy atom. The molecule has 2 heterocycles. The van der Waals surface area contributed by atoms with Crippen molar-refractivity contribution < 1.29 is 9.53 Å². The van der Waals surface area contributed by atoms with Crippen LogP contribution in [0.25, 0.3) is 11.0 Å². The molecule has 0 fully saturated rings. The second-order valence-electron chi connectivity index (χ2n) is 7.68. The van der Waals surface area contributed by atoms with E-state index in [2.05, 4.69) is 15.2 Å². The van der Waals surface area contributed by atoms with Crippen molar-refractivity contribution in [3.05, 3.63) is 95.7 Å². The number of carbonyl (C=O) groups excluding carboxylic acids is 1. The molecule has 4 aromatic rings. The Hall–Kier alpha value is -4.06. The van der Waals surface area contributed by atoms with E-state index in [-0.39, 0.29) is 11.9 Å². The van der Waals surface area contributed by atoms with E-state index < -0.39 is 0 Å². The molecule has 5 rings (SSSR count). The Morgan fingerprint density at radius 3 is 2.50 bits per heavy atom. The number of hydrogen-bond donors (Lipinski definition) is 2. The lowest BCUT2D eigenvalue weighted by Crippen LogP contribution is -2.30. The van der Waals surface area contributed by atoms with Crippen LogP contribution >= 0.6 is 0 Å². The number of aromatic nitrogens is 2. The minimum Gasteiger partial charge on any atom is -0.494 e. The van der Waals surface area contributed by atoms with Gasteiger partial charge in [0.05, 0.1) is 29.3 Å². The van der Waals surface area contributed by atoms with Crippen molar-refractivity contribution in [2.24, 2.45) is 0 Å². The van der Waals surface area contributed by atoms with E-state index >= 15 is 0 Å². The lowest BCUT2D eigenvalue weighted by atomic mass is 9.94. The fraction of sp³-hybridized carbons (Fsp3) is 0.154. The molecule has 1 aliphatic rings. The zero-order valence-electron chi connectivity index (χ0n) is 18.0. The summed E-state index contributed by atoms with van der Waals surface area (Å²) in [5, 5.41) is 6.40. The molecule has 0 saturated carbocycles. The predicted octanol–water partition coefficient (Wildman–Crippen LogP) is 5.36. The van der Waals surface area contributed by atoms with E-state index in [0.29, 0.717) is 17.9 Å². The van der Waals surface area contributed by atoms with Crippen LogP contribution in [0.3, 0.4) is 0 Å². The molecule has 2 N–H and O–H groups in total. The smallest absolute Gasteiger partial charge is 0.255 e. The van der Waals surface area contributed by atoms with E-state index in [4.69, 9.17) is 9.72 Å². The molecule has 0 unspecified atom stereocenters. The van der Waals surface area contributed by atoms with Gasteiger partial charge in [0.2, 0.25) is 5.95 Å². The summed E-state index contributed by atoms with van der Waals surface area (Å²) < 4.78 is 7.60. The molecule has 1 aromatic heterocycles. The number of nitrogens with one attached hydrogen (secondary N) is 2. The first kappa shape index (κ1) is 19.9. The largest absolute Gasteiger partial charge is 0.494 e. The number of nitrogens with zero attached hydrogens (tertiary/aromatic N) is 2. The molecule has 160 valence electrons. The normalized spacial score (nSPS) is 15.2. The first-order valence-electron chi connectivity index (χ1n) is 10.7. The number of fused-ring (bicyclic) bond motifs is 3. The first-order chi connectivity index (χ1) is 15.7. The van der Waals surface area contributed by atoms with E-state index in [0.717, 1.165) is 34.0 Å². The molecule has 3 aromatic carbocycles. The van der Waals surface area contributed by atoms with E-state index in [1.54, 1.807) is 0 Å². The van der Waals surface area contributed by atoms with Crippen LogP contribution in [0, 0.1) is 0 Å². The van der Waals surface area contributed by atoms with Crippen molar-refractivity contribution >= 4 is 28.6 Å². The third-order valence-corrected chi connectivity index (χ3v) is 5.61. The van der Waals surface area contributed by atoms with Crippen molar-refractivity contribution in [3.63, 3.8) is 0 Å². The maximum absolute atomic E-state index is 13.6. The maximum Gasteiger partial charge on any atom is 0.255 e. The highest BCUT2D eigenvalue weighted by Crippen LogP contribution is 2.39. The second-order valence-corrected chi connectivity index (χ2v) is 7.68. The number of amides is 1. The average Bonchev–Trinajstić information content (AvgIpc) is 3.18. The molecule has 6 heteroatoms. The van der Waals surface area contributed by atoms with Gasteiger partial charge in [0, 0.05) is 11.4 Å². The molecule has 1 aliphatic heterocycles. The highest BCUT2D eigenvalue weighted by atomic mass is 16.5. The van der Waals surface area contributed by atoms with Crippen molar-refractivity contribution in [1.29, 1.82) is 0 Å². The van der Waals surface area contributed by atoms with Gasteiger partial charge in [-0.1, -0.05) is 42.5 Å². The van der Waals surface area contributed by atoms with Crippen molar-refractivity contribution in [2.45, 2.75) is 19.9 Å². The molecular weight excluding hydrogens is 400 g/mol. The van der Waals surface area contributed by atoms with Crippen molar-refractivity contribution in [1.82, 2.24) is 9.55 Å². The standard InChI is InChI=1S/C26H24N4O2/c1-3-32-20-15-13-19(14-16-20)28-25(31)23-17(2)27-26-29-21-11-7-8-12-22(21)30(26)24(23)18-9-5-4-6-10-18/h4-16,24H,3H2,1-2H3,(H,27,29)(H,28,31)/t24-/m1/s1. The summed E-state index contributed by atoms with van der Waals surface area (Å²) in [6.45, 7) is 4.47. The fourth-order valence-electron chi connectivity index (χ4n) is 4.21. The van der Waals surface area contributed by atoms with Crippen LogP contribution in [-0.4, -0.2) is 22.1 Å². The third kappa shape index (κ3) is 3.50. The van der Waals surface area contributed by atoms with Gasteiger partial charge in [-0.3, -0.25) is 9.36 Å². The SMILES string of the molecule is CCOc1ccc(NC(=O)C2=C(C)Nc3nc4ccccc4n3[C@@H]2c2ccccc2)cc1. The van der Waals surface area contributed by atoms with Gasteiger partial charge < -0.3 is 15.4 Å². The van der Waals surface area contributed by atoms with Crippen LogP contribution < -0.4 is 15.4 Å². The van der Waals surface area contributed by atoms with Crippen molar-refractivity contribution in [2.75, 3.05) is 17.2 Å². The Morgan fingerprint density at radius 2 is 1.75 bits per heavy atom. The van der Waals surface area contributed by atoms with Gasteiger partial charge >= 0.3 is 0 Å². The van der Waals surface area contributed by atoms with Gasteiger partial charge in [-0.15, -0.1) is 0 Å². The zero-order valence-corrected chi connectivity index (χ0v) is 18.0. The Balaban J connectivity index is 1.57. The number of para-hydroxylation sites is 2. The van der Waals surface area contributed by atoms with Gasteiger partial charge in [0.1, 0.15) is 5.75 Å².